The van der Waals surface area contributed by atoms with Crippen LogP contribution in [0.3, 0.4) is 0 Å². The highest BCUT2D eigenvalue weighted by Gasteiger charge is 2.09. The summed E-state index contributed by atoms with van der Waals surface area (Å²) in [6, 6.07) is 1.99. The maximum absolute atomic E-state index is 11.5. The summed E-state index contributed by atoms with van der Waals surface area (Å²) in [4.78, 5) is 14.2. The molecule has 13 heavy (non-hydrogen) atoms. The molecule has 0 aliphatic rings. The minimum absolute atomic E-state index is 0.0498. The van der Waals surface area contributed by atoms with Crippen LogP contribution in [0.5, 0.6) is 0 Å². The molecule has 0 radical (unpaired) electrons. The van der Waals surface area contributed by atoms with Crippen LogP contribution in [0, 0.1) is 6.92 Å². The van der Waals surface area contributed by atoms with Crippen molar-refractivity contribution in [2.75, 3.05) is 0 Å². The molecule has 0 atom stereocenters. The van der Waals surface area contributed by atoms with Gasteiger partial charge in [-0.2, -0.15) is 0 Å². The van der Waals surface area contributed by atoms with E-state index in [1.54, 1.807) is 0 Å². The van der Waals surface area contributed by atoms with Crippen molar-refractivity contribution >= 4 is 0 Å². The Morgan fingerprint density at radius 1 is 1.54 bits per heavy atom. The fourth-order valence-electron chi connectivity index (χ4n) is 1.47. The van der Waals surface area contributed by atoms with E-state index >= 15 is 0 Å². The van der Waals surface area contributed by atoms with E-state index in [1.165, 1.54) is 0 Å². The average Bonchev–Trinajstić information content (AvgIpc) is 2.02. The predicted octanol–water partition coefficient (Wildman–Crippen LogP) is 1.27. The molecule has 0 saturated heterocycles. The quantitative estimate of drug-likeness (QED) is 0.720. The van der Waals surface area contributed by atoms with Gasteiger partial charge in [-0.05, 0) is 24.5 Å². The maximum atomic E-state index is 11.5. The Labute approximate surface area is 78.0 Å². The number of rotatable bonds is 2. The molecule has 0 fully saturated rings. The molecule has 3 heteroatoms. The molecule has 0 amide bonds. The molecule has 0 unspecified atom stereocenters. The molecule has 0 aliphatic heterocycles. The van der Waals surface area contributed by atoms with Crippen molar-refractivity contribution in [2.45, 2.75) is 33.2 Å². The van der Waals surface area contributed by atoms with Gasteiger partial charge in [-0.3, -0.25) is 4.79 Å². The Hall–Kier alpha value is -1.09. The van der Waals surface area contributed by atoms with Crippen molar-refractivity contribution in [3.63, 3.8) is 0 Å². The van der Waals surface area contributed by atoms with Gasteiger partial charge in [0.05, 0.1) is 0 Å². The Morgan fingerprint density at radius 2 is 2.15 bits per heavy atom. The van der Waals surface area contributed by atoms with Crippen molar-refractivity contribution in [1.29, 1.82) is 0 Å². The van der Waals surface area contributed by atoms with Gasteiger partial charge in [0, 0.05) is 17.8 Å². The zero-order valence-corrected chi connectivity index (χ0v) is 8.35. The third-order valence-corrected chi connectivity index (χ3v) is 2.13. The van der Waals surface area contributed by atoms with E-state index in [0.717, 1.165) is 11.3 Å². The Bertz CT molecular complexity index is 352. The summed E-state index contributed by atoms with van der Waals surface area (Å²) in [5.74, 6) is 0.347. The van der Waals surface area contributed by atoms with Crippen molar-refractivity contribution in [1.82, 2.24) is 4.98 Å². The number of nitrogens with one attached hydrogen (secondary N) is 1. The molecule has 0 aromatic carbocycles. The van der Waals surface area contributed by atoms with Gasteiger partial charge in [-0.25, -0.2) is 0 Å². The summed E-state index contributed by atoms with van der Waals surface area (Å²) in [5.41, 5.74) is 8.13. The van der Waals surface area contributed by atoms with Gasteiger partial charge >= 0.3 is 0 Å². The van der Waals surface area contributed by atoms with Crippen LogP contribution in [0.25, 0.3) is 0 Å². The summed E-state index contributed by atoms with van der Waals surface area (Å²) in [5, 5.41) is 0. The van der Waals surface area contributed by atoms with E-state index in [0.29, 0.717) is 18.0 Å². The van der Waals surface area contributed by atoms with E-state index in [4.69, 9.17) is 5.73 Å². The minimum Gasteiger partial charge on any atom is -0.326 e. The lowest BCUT2D eigenvalue weighted by molar-refractivity contribution is 0.820. The predicted molar refractivity (Wildman–Crippen MR) is 53.8 cm³/mol. The number of pyridine rings is 1. The van der Waals surface area contributed by atoms with E-state index < -0.39 is 0 Å². The monoisotopic (exact) mass is 180 g/mol. The number of hydrogen-bond acceptors (Lipinski definition) is 2. The first-order chi connectivity index (χ1) is 6.06. The van der Waals surface area contributed by atoms with Gasteiger partial charge in [-0.1, -0.05) is 13.8 Å². The molecule has 1 aromatic rings. The highest BCUT2D eigenvalue weighted by Crippen LogP contribution is 2.16. The fourth-order valence-corrected chi connectivity index (χ4v) is 1.47. The van der Waals surface area contributed by atoms with Gasteiger partial charge in [0.15, 0.2) is 0 Å². The van der Waals surface area contributed by atoms with Crippen LogP contribution in [-0.2, 0) is 6.54 Å². The van der Waals surface area contributed by atoms with E-state index in [-0.39, 0.29) is 5.56 Å². The normalized spacial score (nSPS) is 10.8. The molecule has 1 rings (SSSR count). The standard InChI is InChI=1S/C10H16N2O/c1-6(2)8-4-7(3)12-10(13)9(8)5-11/h4,6H,5,11H2,1-3H3,(H,12,13). The molecule has 0 spiro atoms. The second kappa shape index (κ2) is 3.75. The van der Waals surface area contributed by atoms with Crippen molar-refractivity contribution in [2.24, 2.45) is 5.73 Å². The van der Waals surface area contributed by atoms with E-state index in [2.05, 4.69) is 18.8 Å². The van der Waals surface area contributed by atoms with Crippen LogP contribution in [0.2, 0.25) is 0 Å². The van der Waals surface area contributed by atoms with Gasteiger partial charge in [-0.15, -0.1) is 0 Å². The van der Waals surface area contributed by atoms with Crippen LogP contribution in [0.15, 0.2) is 10.9 Å². The second-order valence-electron chi connectivity index (χ2n) is 3.57. The van der Waals surface area contributed by atoms with Crippen LogP contribution in [-0.4, -0.2) is 4.98 Å². The molecular weight excluding hydrogens is 164 g/mol. The third kappa shape index (κ3) is 1.98. The molecule has 0 aliphatic carbocycles. The Morgan fingerprint density at radius 3 is 2.62 bits per heavy atom. The van der Waals surface area contributed by atoms with Crippen LogP contribution < -0.4 is 11.3 Å². The zero-order chi connectivity index (χ0) is 10.0. The van der Waals surface area contributed by atoms with Crippen LogP contribution in [0.1, 0.15) is 36.6 Å². The first-order valence-corrected chi connectivity index (χ1v) is 4.49. The molecule has 1 heterocycles. The first-order valence-electron chi connectivity index (χ1n) is 4.49. The SMILES string of the molecule is Cc1cc(C(C)C)c(CN)c(=O)[nH]1. The van der Waals surface area contributed by atoms with E-state index in [9.17, 15) is 4.79 Å². The lowest BCUT2D eigenvalue weighted by Gasteiger charge is -2.10. The Kier molecular flexibility index (Phi) is 2.88. The molecule has 0 saturated carbocycles. The third-order valence-electron chi connectivity index (χ3n) is 2.13. The summed E-state index contributed by atoms with van der Waals surface area (Å²) >= 11 is 0. The lowest BCUT2D eigenvalue weighted by Crippen LogP contribution is -2.20. The summed E-state index contributed by atoms with van der Waals surface area (Å²) < 4.78 is 0. The highest BCUT2D eigenvalue weighted by atomic mass is 16.1. The minimum atomic E-state index is -0.0498. The van der Waals surface area contributed by atoms with Crippen molar-refractivity contribution in [3.8, 4) is 0 Å². The van der Waals surface area contributed by atoms with E-state index in [1.807, 2.05) is 13.0 Å². The van der Waals surface area contributed by atoms with Crippen molar-refractivity contribution < 1.29 is 0 Å². The summed E-state index contributed by atoms with van der Waals surface area (Å²) in [6.07, 6.45) is 0. The number of aromatic amines is 1. The summed E-state index contributed by atoms with van der Waals surface area (Å²) in [7, 11) is 0. The molecule has 0 bridgehead atoms. The first kappa shape index (κ1) is 9.99. The number of aromatic nitrogens is 1. The number of hydrogen-bond donors (Lipinski definition) is 2. The smallest absolute Gasteiger partial charge is 0.252 e. The maximum Gasteiger partial charge on any atom is 0.252 e. The number of H-pyrrole nitrogens is 1. The van der Waals surface area contributed by atoms with Crippen LogP contribution >= 0.6 is 0 Å². The van der Waals surface area contributed by atoms with Gasteiger partial charge < -0.3 is 10.7 Å². The second-order valence-corrected chi connectivity index (χ2v) is 3.57. The molecule has 3 nitrogen and oxygen atoms in total. The topological polar surface area (TPSA) is 58.9 Å². The van der Waals surface area contributed by atoms with Crippen LogP contribution in [0.4, 0.5) is 0 Å². The van der Waals surface area contributed by atoms with Gasteiger partial charge in [0.25, 0.3) is 5.56 Å². The number of aryl methyl sites for hydroxylation is 1. The molecular formula is C10H16N2O. The molecule has 3 N–H and O–H groups in total. The largest absolute Gasteiger partial charge is 0.326 e. The molecule has 72 valence electrons. The summed E-state index contributed by atoms with van der Waals surface area (Å²) in [6.45, 7) is 6.32. The fraction of sp³-hybridized carbons (Fsp3) is 0.500. The lowest BCUT2D eigenvalue weighted by atomic mass is 9.98. The van der Waals surface area contributed by atoms with Gasteiger partial charge in [0.1, 0.15) is 0 Å². The Balaban J connectivity index is 3.38. The average molecular weight is 180 g/mol. The van der Waals surface area contributed by atoms with Crippen molar-refractivity contribution in [3.05, 3.63) is 33.2 Å². The molecule has 1 aromatic heterocycles. The zero-order valence-electron chi connectivity index (χ0n) is 8.35. The van der Waals surface area contributed by atoms with Gasteiger partial charge in [0.2, 0.25) is 0 Å². The highest BCUT2D eigenvalue weighted by molar-refractivity contribution is 5.28. The number of nitrogens with two attached hydrogens (primary N) is 1.